The topological polar surface area (TPSA) is 59.1 Å². The molecule has 6 nitrogen and oxygen atoms in total. The average Bonchev–Trinajstić information content (AvgIpc) is 2.72. The second kappa shape index (κ2) is 8.55. The van der Waals surface area contributed by atoms with Gasteiger partial charge in [-0.05, 0) is 44.5 Å². The highest BCUT2D eigenvalue weighted by molar-refractivity contribution is 5.96. The van der Waals surface area contributed by atoms with Gasteiger partial charge in [0.15, 0.2) is 0 Å². The van der Waals surface area contributed by atoms with Gasteiger partial charge in [-0.3, -0.25) is 4.79 Å². The summed E-state index contributed by atoms with van der Waals surface area (Å²) in [7, 11) is 1.62. The van der Waals surface area contributed by atoms with Crippen molar-refractivity contribution in [2.75, 3.05) is 33.3 Å². The Bertz CT molecular complexity index is 866. The van der Waals surface area contributed by atoms with E-state index in [9.17, 15) is 9.59 Å². The minimum atomic E-state index is -0.527. The highest BCUT2D eigenvalue weighted by Gasteiger charge is 2.28. The van der Waals surface area contributed by atoms with Crippen molar-refractivity contribution < 1.29 is 19.1 Å². The van der Waals surface area contributed by atoms with Crippen LogP contribution in [0, 0.1) is 0 Å². The number of ether oxygens (including phenoxy) is 2. The summed E-state index contributed by atoms with van der Waals surface area (Å²) in [6.45, 7) is 7.41. The van der Waals surface area contributed by atoms with Crippen molar-refractivity contribution in [2.45, 2.75) is 26.4 Å². The predicted molar refractivity (Wildman–Crippen MR) is 112 cm³/mol. The first kappa shape index (κ1) is 20.7. The first-order chi connectivity index (χ1) is 13.8. The lowest BCUT2D eigenvalue weighted by molar-refractivity contribution is 0.0141. The maximum absolute atomic E-state index is 13.0. The van der Waals surface area contributed by atoms with E-state index in [1.54, 1.807) is 23.0 Å². The van der Waals surface area contributed by atoms with Gasteiger partial charge < -0.3 is 19.3 Å². The summed E-state index contributed by atoms with van der Waals surface area (Å²) in [5, 5.41) is 0. The highest BCUT2D eigenvalue weighted by atomic mass is 16.6. The van der Waals surface area contributed by atoms with Crippen LogP contribution >= 0.6 is 0 Å². The molecule has 154 valence electrons. The van der Waals surface area contributed by atoms with Crippen LogP contribution in [-0.2, 0) is 4.74 Å². The number of rotatable bonds is 3. The molecule has 1 heterocycles. The van der Waals surface area contributed by atoms with E-state index < -0.39 is 5.60 Å². The molecule has 0 bridgehead atoms. The number of benzene rings is 2. The van der Waals surface area contributed by atoms with Gasteiger partial charge in [0.2, 0.25) is 0 Å². The van der Waals surface area contributed by atoms with E-state index >= 15 is 0 Å². The Balaban J connectivity index is 1.71. The zero-order valence-electron chi connectivity index (χ0n) is 17.5. The molecule has 1 aliphatic heterocycles. The molecule has 0 spiro atoms. The molecule has 1 fully saturated rings. The largest absolute Gasteiger partial charge is 0.496 e. The average molecular weight is 396 g/mol. The van der Waals surface area contributed by atoms with E-state index in [4.69, 9.17) is 9.47 Å². The van der Waals surface area contributed by atoms with E-state index in [0.29, 0.717) is 31.7 Å². The summed E-state index contributed by atoms with van der Waals surface area (Å²) in [5.74, 6) is 0.677. The molecular weight excluding hydrogens is 368 g/mol. The molecule has 0 aromatic heterocycles. The zero-order chi connectivity index (χ0) is 21.0. The molecule has 0 N–H and O–H groups in total. The van der Waals surface area contributed by atoms with E-state index in [-0.39, 0.29) is 12.0 Å². The third-order valence-corrected chi connectivity index (χ3v) is 4.75. The molecular formula is C23H28N2O4. The smallest absolute Gasteiger partial charge is 0.410 e. The van der Waals surface area contributed by atoms with Crippen LogP contribution in [0.4, 0.5) is 4.79 Å². The van der Waals surface area contributed by atoms with Crippen LogP contribution in [0.1, 0.15) is 31.1 Å². The Labute approximate surface area is 172 Å². The molecule has 0 saturated carbocycles. The van der Waals surface area contributed by atoms with Crippen LogP contribution < -0.4 is 4.74 Å². The quantitative estimate of drug-likeness (QED) is 0.785. The van der Waals surface area contributed by atoms with Crippen LogP contribution in [0.5, 0.6) is 5.75 Å². The molecule has 0 unspecified atom stereocenters. The summed E-state index contributed by atoms with van der Waals surface area (Å²) in [4.78, 5) is 28.7. The van der Waals surface area contributed by atoms with Crippen LogP contribution in [0.15, 0.2) is 48.5 Å². The highest BCUT2D eigenvalue weighted by Crippen LogP contribution is 2.31. The van der Waals surface area contributed by atoms with Crippen LogP contribution in [0.25, 0.3) is 11.1 Å². The van der Waals surface area contributed by atoms with E-state index in [1.165, 1.54) is 0 Å². The van der Waals surface area contributed by atoms with Gasteiger partial charge in [0.1, 0.15) is 11.4 Å². The number of methoxy groups -OCH3 is 1. The van der Waals surface area contributed by atoms with Gasteiger partial charge in [-0.2, -0.15) is 0 Å². The van der Waals surface area contributed by atoms with Gasteiger partial charge in [0.25, 0.3) is 5.91 Å². The summed E-state index contributed by atoms with van der Waals surface area (Å²) in [5.41, 5.74) is 1.96. The van der Waals surface area contributed by atoms with Crippen molar-refractivity contribution in [1.82, 2.24) is 9.80 Å². The Morgan fingerprint density at radius 1 is 0.897 bits per heavy atom. The molecule has 1 aliphatic rings. The van der Waals surface area contributed by atoms with Crippen molar-refractivity contribution in [3.8, 4) is 16.9 Å². The molecule has 2 amide bonds. The second-order valence-corrected chi connectivity index (χ2v) is 8.04. The first-order valence-electron chi connectivity index (χ1n) is 9.79. The molecule has 0 aliphatic carbocycles. The van der Waals surface area contributed by atoms with Gasteiger partial charge >= 0.3 is 6.09 Å². The number of carbonyl (C=O) groups excluding carboxylic acids is 2. The van der Waals surface area contributed by atoms with Crippen molar-refractivity contribution in [1.29, 1.82) is 0 Å². The van der Waals surface area contributed by atoms with Crippen LogP contribution in [0.2, 0.25) is 0 Å². The molecule has 29 heavy (non-hydrogen) atoms. The van der Waals surface area contributed by atoms with Crippen molar-refractivity contribution in [3.63, 3.8) is 0 Å². The van der Waals surface area contributed by atoms with Gasteiger partial charge in [0.05, 0.1) is 7.11 Å². The molecule has 2 aromatic rings. The lowest BCUT2D eigenvalue weighted by Gasteiger charge is -2.35. The Hall–Kier alpha value is -3.02. The van der Waals surface area contributed by atoms with Gasteiger partial charge in [-0.1, -0.05) is 30.3 Å². The normalized spacial score (nSPS) is 14.5. The summed E-state index contributed by atoms with van der Waals surface area (Å²) >= 11 is 0. The standard InChI is InChI=1S/C23H28N2O4/c1-23(2,3)29-22(27)25-14-12-24(13-15-25)21(26)18-10-11-20(28-4)19(16-18)17-8-6-5-7-9-17/h5-11,16H,12-15H2,1-4H3. The van der Waals surface area contributed by atoms with Gasteiger partial charge in [-0.25, -0.2) is 4.79 Å². The summed E-state index contributed by atoms with van der Waals surface area (Å²) < 4.78 is 10.9. The fraction of sp³-hybridized carbons (Fsp3) is 0.391. The number of hydrogen-bond acceptors (Lipinski definition) is 4. The predicted octanol–water partition coefficient (Wildman–Crippen LogP) is 4.06. The molecule has 1 saturated heterocycles. The maximum atomic E-state index is 13.0. The van der Waals surface area contributed by atoms with Crippen LogP contribution in [-0.4, -0.2) is 60.7 Å². The van der Waals surface area contributed by atoms with Crippen molar-refractivity contribution in [3.05, 3.63) is 54.1 Å². The van der Waals surface area contributed by atoms with Crippen molar-refractivity contribution >= 4 is 12.0 Å². The monoisotopic (exact) mass is 396 g/mol. The fourth-order valence-corrected chi connectivity index (χ4v) is 3.29. The number of hydrogen-bond donors (Lipinski definition) is 0. The third-order valence-electron chi connectivity index (χ3n) is 4.75. The molecule has 6 heteroatoms. The van der Waals surface area contributed by atoms with E-state index in [1.807, 2.05) is 63.2 Å². The lowest BCUT2D eigenvalue weighted by Crippen LogP contribution is -2.51. The second-order valence-electron chi connectivity index (χ2n) is 8.04. The summed E-state index contributed by atoms with van der Waals surface area (Å²) in [6.07, 6.45) is -0.333. The Morgan fingerprint density at radius 3 is 2.10 bits per heavy atom. The third kappa shape index (κ3) is 5.08. The number of carbonyl (C=O) groups is 2. The van der Waals surface area contributed by atoms with Gasteiger partial charge in [0, 0.05) is 37.3 Å². The lowest BCUT2D eigenvalue weighted by atomic mass is 10.0. The molecule has 2 aromatic carbocycles. The van der Waals surface area contributed by atoms with E-state index in [2.05, 4.69) is 0 Å². The minimum Gasteiger partial charge on any atom is -0.496 e. The molecule has 0 atom stereocenters. The number of nitrogens with zero attached hydrogens (tertiary/aromatic N) is 2. The first-order valence-corrected chi connectivity index (χ1v) is 9.79. The SMILES string of the molecule is COc1ccc(C(=O)N2CCN(C(=O)OC(C)(C)C)CC2)cc1-c1ccccc1. The Kier molecular flexibility index (Phi) is 6.11. The molecule has 3 rings (SSSR count). The number of amides is 2. The van der Waals surface area contributed by atoms with Gasteiger partial charge in [-0.15, -0.1) is 0 Å². The van der Waals surface area contributed by atoms with E-state index in [0.717, 1.165) is 16.9 Å². The maximum Gasteiger partial charge on any atom is 0.410 e. The Morgan fingerprint density at radius 2 is 1.52 bits per heavy atom. The zero-order valence-corrected chi connectivity index (χ0v) is 17.5. The summed E-state index contributed by atoms with van der Waals surface area (Å²) in [6, 6.07) is 15.3. The van der Waals surface area contributed by atoms with Crippen molar-refractivity contribution in [2.24, 2.45) is 0 Å². The van der Waals surface area contributed by atoms with Crippen LogP contribution in [0.3, 0.4) is 0 Å². The minimum absolute atomic E-state index is 0.0475. The fourth-order valence-electron chi connectivity index (χ4n) is 3.29. The molecule has 0 radical (unpaired) electrons. The number of piperazine rings is 1.